The molecule has 0 unspecified atom stereocenters. The van der Waals surface area contributed by atoms with Crippen molar-refractivity contribution in [2.75, 3.05) is 13.1 Å². The summed E-state index contributed by atoms with van der Waals surface area (Å²) in [7, 11) is 0. The molecule has 0 aliphatic carbocycles. The zero-order valence-corrected chi connectivity index (χ0v) is 13.2. The van der Waals surface area contributed by atoms with E-state index >= 15 is 0 Å². The van der Waals surface area contributed by atoms with E-state index in [1.807, 2.05) is 6.20 Å². The Balaban J connectivity index is 2.31. The minimum Gasteiger partial charge on any atom is -0.334 e. The van der Waals surface area contributed by atoms with Crippen LogP contribution in [-0.2, 0) is 13.1 Å². The van der Waals surface area contributed by atoms with Crippen LogP contribution >= 0.6 is 0 Å². The van der Waals surface area contributed by atoms with Gasteiger partial charge in [-0.2, -0.15) is 0 Å². The molecule has 19 heavy (non-hydrogen) atoms. The second-order valence-electron chi connectivity index (χ2n) is 5.64. The predicted molar refractivity (Wildman–Crippen MR) is 81.2 cm³/mol. The maximum atomic E-state index is 4.41. The Morgan fingerprint density at radius 3 is 2.53 bits per heavy atom. The van der Waals surface area contributed by atoms with E-state index in [4.69, 9.17) is 0 Å². The Labute approximate surface area is 118 Å². The molecule has 0 fully saturated rings. The lowest BCUT2D eigenvalue weighted by Gasteiger charge is -2.30. The first-order chi connectivity index (χ1) is 9.06. The van der Waals surface area contributed by atoms with Crippen molar-refractivity contribution in [3.63, 3.8) is 0 Å². The molecule has 1 N–H and O–H groups in total. The molecule has 0 bridgehead atoms. The third-order valence-corrected chi connectivity index (χ3v) is 3.42. The van der Waals surface area contributed by atoms with Crippen LogP contribution in [0.5, 0.6) is 0 Å². The molecule has 110 valence electrons. The van der Waals surface area contributed by atoms with Gasteiger partial charge in [0.25, 0.3) is 0 Å². The highest BCUT2D eigenvalue weighted by Crippen LogP contribution is 2.03. The molecule has 0 aliphatic rings. The van der Waals surface area contributed by atoms with Gasteiger partial charge in [0.2, 0.25) is 0 Å². The fourth-order valence-corrected chi connectivity index (χ4v) is 2.47. The third-order valence-electron chi connectivity index (χ3n) is 3.42. The number of hydrogen-bond acceptors (Lipinski definition) is 3. The van der Waals surface area contributed by atoms with E-state index in [-0.39, 0.29) is 0 Å². The van der Waals surface area contributed by atoms with Crippen LogP contribution in [0.25, 0.3) is 0 Å². The van der Waals surface area contributed by atoms with Gasteiger partial charge in [0, 0.05) is 44.1 Å². The van der Waals surface area contributed by atoms with Crippen LogP contribution in [0, 0.1) is 0 Å². The van der Waals surface area contributed by atoms with Crippen LogP contribution in [0.3, 0.4) is 0 Å². The molecule has 4 nitrogen and oxygen atoms in total. The summed E-state index contributed by atoms with van der Waals surface area (Å²) in [6, 6.07) is 1.20. The molecule has 0 aliphatic heterocycles. The van der Waals surface area contributed by atoms with E-state index in [9.17, 15) is 0 Å². The van der Waals surface area contributed by atoms with Crippen molar-refractivity contribution in [1.82, 2.24) is 19.8 Å². The number of imidazole rings is 1. The largest absolute Gasteiger partial charge is 0.334 e. The quantitative estimate of drug-likeness (QED) is 0.697. The van der Waals surface area contributed by atoms with E-state index in [0.29, 0.717) is 12.1 Å². The maximum absolute atomic E-state index is 4.41. The van der Waals surface area contributed by atoms with E-state index in [2.05, 4.69) is 60.6 Å². The lowest BCUT2D eigenvalue weighted by atomic mass is 10.2. The van der Waals surface area contributed by atoms with E-state index in [1.165, 1.54) is 0 Å². The summed E-state index contributed by atoms with van der Waals surface area (Å²) in [5.74, 6) is 1.14. The molecule has 0 radical (unpaired) electrons. The van der Waals surface area contributed by atoms with Gasteiger partial charge in [-0.15, -0.1) is 0 Å². The van der Waals surface area contributed by atoms with Crippen molar-refractivity contribution < 1.29 is 0 Å². The molecule has 0 aromatic carbocycles. The summed E-state index contributed by atoms with van der Waals surface area (Å²) < 4.78 is 2.23. The first-order valence-electron chi connectivity index (χ1n) is 7.52. The van der Waals surface area contributed by atoms with Crippen molar-refractivity contribution >= 4 is 0 Å². The number of nitrogens with one attached hydrogen (secondary N) is 1. The molecule has 0 atom stereocenters. The summed E-state index contributed by atoms with van der Waals surface area (Å²) in [5, 5.41) is 3.50. The molecule has 1 aromatic rings. The molecule has 0 spiro atoms. The number of aryl methyl sites for hydroxylation is 1. The van der Waals surface area contributed by atoms with Crippen molar-refractivity contribution in [3.8, 4) is 0 Å². The fraction of sp³-hybridized carbons (Fsp3) is 0.800. The molecule has 0 saturated carbocycles. The molecule has 1 heterocycles. The van der Waals surface area contributed by atoms with Crippen LogP contribution < -0.4 is 5.32 Å². The first-order valence-corrected chi connectivity index (χ1v) is 7.52. The molecular weight excluding hydrogens is 236 g/mol. The van der Waals surface area contributed by atoms with Crippen LogP contribution in [0.2, 0.25) is 0 Å². The Morgan fingerprint density at radius 1 is 1.26 bits per heavy atom. The van der Waals surface area contributed by atoms with Crippen LogP contribution in [0.15, 0.2) is 12.4 Å². The lowest BCUT2D eigenvalue weighted by Crippen LogP contribution is -2.41. The maximum Gasteiger partial charge on any atom is 0.122 e. The van der Waals surface area contributed by atoms with Gasteiger partial charge in [-0.1, -0.05) is 6.92 Å². The third kappa shape index (κ3) is 5.33. The zero-order chi connectivity index (χ0) is 14.3. The van der Waals surface area contributed by atoms with Crippen LogP contribution in [0.4, 0.5) is 0 Å². The van der Waals surface area contributed by atoms with Gasteiger partial charge < -0.3 is 9.88 Å². The fourth-order valence-electron chi connectivity index (χ4n) is 2.47. The number of rotatable bonds is 9. The summed E-state index contributed by atoms with van der Waals surface area (Å²) in [4.78, 5) is 6.91. The Morgan fingerprint density at radius 2 is 1.95 bits per heavy atom. The number of aromatic nitrogens is 2. The molecule has 1 rings (SSSR count). The Hall–Kier alpha value is -0.870. The summed E-state index contributed by atoms with van der Waals surface area (Å²) >= 11 is 0. The van der Waals surface area contributed by atoms with E-state index in [0.717, 1.165) is 38.4 Å². The average Bonchev–Trinajstić information content (AvgIpc) is 2.76. The second kappa shape index (κ2) is 8.33. The van der Waals surface area contributed by atoms with Gasteiger partial charge in [-0.3, -0.25) is 4.90 Å². The predicted octanol–water partition coefficient (Wildman–Crippen LogP) is 2.50. The summed E-state index contributed by atoms with van der Waals surface area (Å²) in [6.45, 7) is 15.2. The summed E-state index contributed by atoms with van der Waals surface area (Å²) in [6.07, 6.45) is 5.11. The van der Waals surface area contributed by atoms with Crippen molar-refractivity contribution in [2.24, 2.45) is 0 Å². The first kappa shape index (κ1) is 16.2. The highest BCUT2D eigenvalue weighted by Gasteiger charge is 2.12. The average molecular weight is 266 g/mol. The van der Waals surface area contributed by atoms with Gasteiger partial charge >= 0.3 is 0 Å². The molecule has 4 heteroatoms. The van der Waals surface area contributed by atoms with E-state index < -0.39 is 0 Å². The van der Waals surface area contributed by atoms with Gasteiger partial charge in [-0.05, 0) is 34.1 Å². The second-order valence-corrected chi connectivity index (χ2v) is 5.64. The lowest BCUT2D eigenvalue weighted by molar-refractivity contribution is 0.175. The van der Waals surface area contributed by atoms with Crippen molar-refractivity contribution in [1.29, 1.82) is 0 Å². The smallest absolute Gasteiger partial charge is 0.122 e. The highest BCUT2D eigenvalue weighted by molar-refractivity contribution is 4.91. The monoisotopic (exact) mass is 266 g/mol. The topological polar surface area (TPSA) is 33.1 Å². The molecule has 0 amide bonds. The zero-order valence-electron chi connectivity index (χ0n) is 13.2. The normalized spacial score (nSPS) is 12.0. The van der Waals surface area contributed by atoms with Crippen LogP contribution in [0.1, 0.15) is 46.9 Å². The Bertz CT molecular complexity index is 336. The van der Waals surface area contributed by atoms with Gasteiger partial charge in [0.15, 0.2) is 0 Å². The SMILES string of the molecule is CCCn1ccnc1CNCCN(C(C)C)C(C)C. The molecular formula is C15H30N4. The number of nitrogens with zero attached hydrogens (tertiary/aromatic N) is 3. The summed E-state index contributed by atoms with van der Waals surface area (Å²) in [5.41, 5.74) is 0. The van der Waals surface area contributed by atoms with Gasteiger partial charge in [0.05, 0.1) is 6.54 Å². The van der Waals surface area contributed by atoms with Crippen molar-refractivity contribution in [3.05, 3.63) is 18.2 Å². The number of hydrogen-bond donors (Lipinski definition) is 1. The minimum absolute atomic E-state index is 0.601. The van der Waals surface area contributed by atoms with Crippen LogP contribution in [-0.4, -0.2) is 39.6 Å². The van der Waals surface area contributed by atoms with Crippen molar-refractivity contribution in [2.45, 2.75) is 66.2 Å². The van der Waals surface area contributed by atoms with Gasteiger partial charge in [-0.25, -0.2) is 4.98 Å². The minimum atomic E-state index is 0.601. The van der Waals surface area contributed by atoms with Gasteiger partial charge in [0.1, 0.15) is 5.82 Å². The highest BCUT2D eigenvalue weighted by atomic mass is 15.2. The molecule has 1 aromatic heterocycles. The Kier molecular flexibility index (Phi) is 7.10. The molecule has 0 saturated heterocycles. The standard InChI is InChI=1S/C15H30N4/c1-6-9-18-10-8-17-15(18)12-16-7-11-19(13(2)3)14(4)5/h8,10,13-14,16H,6-7,9,11-12H2,1-5H3. The van der Waals surface area contributed by atoms with E-state index in [1.54, 1.807) is 0 Å².